The van der Waals surface area contributed by atoms with Crippen molar-refractivity contribution < 1.29 is 42.8 Å². The highest BCUT2D eigenvalue weighted by Crippen LogP contribution is 2.35. The van der Waals surface area contributed by atoms with Crippen LogP contribution < -0.4 is 26.4 Å². The standard InChI is InChI=1S/C43H57N5O9/c1-32-16-19-46-40(29-32)45-18-6-5-9-41(49)47-31-42(50)48-38(30-43(51)52-2)34-12-10-33(11-13-34)35-14-15-39(37-8-4-3-7-36(35)37)57-28-27-56-26-25-55-24-23-54-22-21-53-20-17-44/h3-4,7-8,10-16,19,29,38H,5-6,9,17-18,20-28,30-31,44H2,1-2H3,(H,45,46)(H,47,49)(H,48,50)/t38-/m0/s1. The Bertz CT molecular complexity index is 1810. The number of carbonyl (C=O) groups excluding carboxylic acids is 3. The summed E-state index contributed by atoms with van der Waals surface area (Å²) in [5.41, 5.74) is 9.18. The molecule has 14 nitrogen and oxygen atoms in total. The first kappa shape index (κ1) is 44.6. The maximum Gasteiger partial charge on any atom is 0.307 e. The van der Waals surface area contributed by atoms with Crippen LogP contribution in [0, 0.1) is 6.92 Å². The highest BCUT2D eigenvalue weighted by Gasteiger charge is 2.20. The highest BCUT2D eigenvalue weighted by atomic mass is 16.6. The maximum absolute atomic E-state index is 12.9. The molecule has 3 aromatic carbocycles. The molecule has 0 fully saturated rings. The summed E-state index contributed by atoms with van der Waals surface area (Å²) in [5, 5.41) is 10.8. The number of esters is 1. The van der Waals surface area contributed by atoms with E-state index in [1.807, 2.05) is 79.7 Å². The zero-order valence-corrected chi connectivity index (χ0v) is 33.1. The Morgan fingerprint density at radius 3 is 2.09 bits per heavy atom. The molecule has 0 aliphatic carbocycles. The minimum absolute atomic E-state index is 0.0640. The summed E-state index contributed by atoms with van der Waals surface area (Å²) in [6.45, 7) is 7.24. The largest absolute Gasteiger partial charge is 0.491 e. The van der Waals surface area contributed by atoms with Gasteiger partial charge in [0, 0.05) is 31.1 Å². The molecule has 4 aromatic rings. The number of methoxy groups -OCH3 is 1. The van der Waals surface area contributed by atoms with Crippen molar-refractivity contribution in [2.75, 3.05) is 91.5 Å². The molecule has 5 N–H and O–H groups in total. The molecule has 14 heteroatoms. The molecule has 0 saturated carbocycles. The number of ether oxygens (including phenoxy) is 6. The van der Waals surface area contributed by atoms with Gasteiger partial charge in [-0.2, -0.15) is 0 Å². The van der Waals surface area contributed by atoms with Crippen LogP contribution in [0.2, 0.25) is 0 Å². The van der Waals surface area contributed by atoms with E-state index in [2.05, 4.69) is 20.9 Å². The Labute approximate surface area is 335 Å². The zero-order valence-electron chi connectivity index (χ0n) is 33.1. The Hall–Kier alpha value is -5.12. The van der Waals surface area contributed by atoms with E-state index in [9.17, 15) is 14.4 Å². The Morgan fingerprint density at radius 2 is 1.42 bits per heavy atom. The second-order valence-corrected chi connectivity index (χ2v) is 13.1. The fraction of sp³-hybridized carbons (Fsp3) is 0.442. The number of carbonyl (C=O) groups is 3. The van der Waals surface area contributed by atoms with Gasteiger partial charge in [0.15, 0.2) is 0 Å². The number of unbranched alkanes of at least 4 members (excludes halogenated alkanes) is 1. The van der Waals surface area contributed by atoms with Gasteiger partial charge >= 0.3 is 5.97 Å². The lowest BCUT2D eigenvalue weighted by atomic mass is 9.95. The van der Waals surface area contributed by atoms with Crippen molar-refractivity contribution in [2.45, 2.75) is 38.6 Å². The molecule has 1 aromatic heterocycles. The van der Waals surface area contributed by atoms with Crippen LogP contribution in [0.5, 0.6) is 5.75 Å². The Kier molecular flexibility index (Phi) is 20.3. The van der Waals surface area contributed by atoms with Crippen LogP contribution in [0.4, 0.5) is 5.82 Å². The Morgan fingerprint density at radius 1 is 0.754 bits per heavy atom. The first-order valence-electron chi connectivity index (χ1n) is 19.4. The molecule has 0 radical (unpaired) electrons. The van der Waals surface area contributed by atoms with Crippen molar-refractivity contribution in [2.24, 2.45) is 5.73 Å². The summed E-state index contributed by atoms with van der Waals surface area (Å²) in [6, 6.07) is 22.9. The summed E-state index contributed by atoms with van der Waals surface area (Å²) < 4.78 is 32.9. The van der Waals surface area contributed by atoms with E-state index in [4.69, 9.17) is 34.2 Å². The Balaban J connectivity index is 1.22. The molecule has 0 aliphatic rings. The monoisotopic (exact) mass is 787 g/mol. The van der Waals surface area contributed by atoms with E-state index in [1.165, 1.54) is 7.11 Å². The predicted molar refractivity (Wildman–Crippen MR) is 219 cm³/mol. The second-order valence-electron chi connectivity index (χ2n) is 13.1. The van der Waals surface area contributed by atoms with Gasteiger partial charge < -0.3 is 50.1 Å². The average Bonchev–Trinajstić information content (AvgIpc) is 3.22. The minimum Gasteiger partial charge on any atom is -0.491 e. The average molecular weight is 788 g/mol. The molecule has 57 heavy (non-hydrogen) atoms. The molecule has 0 unspecified atom stereocenters. The van der Waals surface area contributed by atoms with Crippen LogP contribution in [0.1, 0.15) is 42.9 Å². The van der Waals surface area contributed by atoms with Crippen LogP contribution in [0.15, 0.2) is 79.0 Å². The first-order chi connectivity index (χ1) is 27.9. The van der Waals surface area contributed by atoms with Gasteiger partial charge in [-0.25, -0.2) is 4.98 Å². The van der Waals surface area contributed by atoms with Crippen molar-refractivity contribution in [1.29, 1.82) is 0 Å². The minimum atomic E-state index is -0.648. The summed E-state index contributed by atoms with van der Waals surface area (Å²) in [7, 11) is 1.31. The molecular formula is C43H57N5O9. The van der Waals surface area contributed by atoms with Crippen molar-refractivity contribution >= 4 is 34.4 Å². The van der Waals surface area contributed by atoms with Crippen LogP contribution in [0.25, 0.3) is 21.9 Å². The number of benzene rings is 3. The number of hydrogen-bond donors (Lipinski definition) is 4. The number of aryl methyl sites for hydroxylation is 1. The third kappa shape index (κ3) is 16.5. The summed E-state index contributed by atoms with van der Waals surface area (Å²) in [4.78, 5) is 41.9. The van der Waals surface area contributed by atoms with Gasteiger partial charge in [0.2, 0.25) is 11.8 Å². The summed E-state index contributed by atoms with van der Waals surface area (Å²) in [6.07, 6.45) is 3.42. The number of nitrogens with one attached hydrogen (secondary N) is 3. The second kappa shape index (κ2) is 25.9. The molecule has 0 saturated heterocycles. The quantitative estimate of drug-likeness (QED) is 0.0460. The highest BCUT2D eigenvalue weighted by molar-refractivity contribution is 6.00. The van der Waals surface area contributed by atoms with Gasteiger partial charge in [-0.15, -0.1) is 0 Å². The van der Waals surface area contributed by atoms with Crippen LogP contribution in [0.3, 0.4) is 0 Å². The van der Waals surface area contributed by atoms with Crippen molar-refractivity contribution in [3.63, 3.8) is 0 Å². The lowest BCUT2D eigenvalue weighted by Crippen LogP contribution is -2.39. The van der Waals surface area contributed by atoms with E-state index in [0.717, 1.165) is 51.0 Å². The van der Waals surface area contributed by atoms with Crippen molar-refractivity contribution in [3.8, 4) is 16.9 Å². The number of anilines is 1. The van der Waals surface area contributed by atoms with Crippen molar-refractivity contribution in [3.05, 3.63) is 90.1 Å². The molecule has 1 heterocycles. The van der Waals surface area contributed by atoms with Gasteiger partial charge in [0.05, 0.1) is 79.0 Å². The number of pyridine rings is 1. The molecule has 0 aliphatic heterocycles. The molecule has 308 valence electrons. The van der Waals surface area contributed by atoms with E-state index < -0.39 is 17.9 Å². The molecular weight excluding hydrogens is 730 g/mol. The smallest absolute Gasteiger partial charge is 0.307 e. The van der Waals surface area contributed by atoms with Gasteiger partial charge in [-0.05, 0) is 65.6 Å². The fourth-order valence-corrected chi connectivity index (χ4v) is 5.87. The fourth-order valence-electron chi connectivity index (χ4n) is 5.87. The molecule has 2 amide bonds. The third-order valence-corrected chi connectivity index (χ3v) is 8.80. The third-order valence-electron chi connectivity index (χ3n) is 8.80. The first-order valence-corrected chi connectivity index (χ1v) is 19.4. The van der Waals surface area contributed by atoms with E-state index in [1.54, 1.807) is 6.20 Å². The number of fused-ring (bicyclic) bond motifs is 1. The predicted octanol–water partition coefficient (Wildman–Crippen LogP) is 4.73. The van der Waals surface area contributed by atoms with Crippen molar-refractivity contribution in [1.82, 2.24) is 15.6 Å². The summed E-state index contributed by atoms with van der Waals surface area (Å²) in [5.74, 6) is 0.461. The SMILES string of the molecule is COC(=O)C[C@H](NC(=O)CNC(=O)CCCCNc1cc(C)ccn1)c1ccc(-c2ccc(OCCOCCOCCOCCOCCN)c3ccccc23)cc1. The molecule has 1 atom stereocenters. The topological polar surface area (TPSA) is 182 Å². The van der Waals surface area contributed by atoms with Gasteiger partial charge in [-0.3, -0.25) is 14.4 Å². The van der Waals surface area contributed by atoms with Gasteiger partial charge in [-0.1, -0.05) is 54.6 Å². The molecule has 4 rings (SSSR count). The number of hydrogen-bond acceptors (Lipinski definition) is 12. The van der Waals surface area contributed by atoms with Crippen LogP contribution in [-0.4, -0.2) is 109 Å². The normalized spacial score (nSPS) is 11.6. The zero-order chi connectivity index (χ0) is 40.5. The lowest BCUT2D eigenvalue weighted by molar-refractivity contribution is -0.141. The number of nitrogens with two attached hydrogens (primary N) is 1. The number of amides is 2. The van der Waals surface area contributed by atoms with Crippen LogP contribution in [-0.2, 0) is 38.1 Å². The molecule has 0 spiro atoms. The maximum atomic E-state index is 12.9. The van der Waals surface area contributed by atoms with Crippen LogP contribution >= 0.6 is 0 Å². The van der Waals surface area contributed by atoms with E-state index in [-0.39, 0.29) is 18.9 Å². The number of aromatic nitrogens is 1. The summed E-state index contributed by atoms with van der Waals surface area (Å²) >= 11 is 0. The number of nitrogens with zero attached hydrogens (tertiary/aromatic N) is 1. The van der Waals surface area contributed by atoms with E-state index in [0.29, 0.717) is 85.4 Å². The van der Waals surface area contributed by atoms with E-state index >= 15 is 0 Å². The number of rotatable bonds is 28. The lowest BCUT2D eigenvalue weighted by Gasteiger charge is -2.19. The molecule has 0 bridgehead atoms. The van der Waals surface area contributed by atoms with Gasteiger partial charge in [0.1, 0.15) is 18.2 Å². The van der Waals surface area contributed by atoms with Gasteiger partial charge in [0.25, 0.3) is 0 Å².